The zero-order chi connectivity index (χ0) is 22.7. The Bertz CT molecular complexity index is 1360. The lowest BCUT2D eigenvalue weighted by Crippen LogP contribution is -1.98. The molecule has 4 aromatic rings. The van der Waals surface area contributed by atoms with Crippen molar-refractivity contribution < 1.29 is 4.74 Å². The molecule has 0 radical (unpaired) electrons. The highest BCUT2D eigenvalue weighted by molar-refractivity contribution is 9.11. The molecule has 32 heavy (non-hydrogen) atoms. The van der Waals surface area contributed by atoms with Crippen LogP contribution < -0.4 is 4.74 Å². The molecule has 0 aromatic heterocycles. The van der Waals surface area contributed by atoms with Gasteiger partial charge in [-0.3, -0.25) is 0 Å². The minimum Gasteiger partial charge on any atom is -0.486 e. The van der Waals surface area contributed by atoms with Crippen molar-refractivity contribution in [3.8, 4) is 11.8 Å². The Labute approximate surface area is 213 Å². The monoisotopic (exact) mass is 585 g/mol. The fraction of sp³-hybridized carbons (Fsp3) is 0.0385. The van der Waals surface area contributed by atoms with Gasteiger partial charge in [-0.25, -0.2) is 0 Å². The zero-order valence-electron chi connectivity index (χ0n) is 16.6. The molecule has 0 saturated carbocycles. The molecule has 0 bridgehead atoms. The van der Waals surface area contributed by atoms with Crippen molar-refractivity contribution in [1.82, 2.24) is 0 Å². The van der Waals surface area contributed by atoms with E-state index in [9.17, 15) is 5.26 Å². The van der Waals surface area contributed by atoms with Crippen LogP contribution in [0.4, 0.5) is 0 Å². The number of fused-ring (bicyclic) bond motifs is 1. The van der Waals surface area contributed by atoms with Crippen LogP contribution >= 0.6 is 55.1 Å². The van der Waals surface area contributed by atoms with E-state index in [0.29, 0.717) is 28.0 Å². The summed E-state index contributed by atoms with van der Waals surface area (Å²) in [5.74, 6) is 0.650. The van der Waals surface area contributed by atoms with Gasteiger partial charge in [0.05, 0.1) is 20.6 Å². The maximum atomic E-state index is 9.86. The number of nitrogens with zero attached hydrogens (tertiary/aromatic N) is 1. The minimum absolute atomic E-state index is 0.293. The van der Waals surface area contributed by atoms with Gasteiger partial charge in [-0.2, -0.15) is 5.26 Å². The van der Waals surface area contributed by atoms with Gasteiger partial charge in [-0.05, 0) is 78.5 Å². The van der Waals surface area contributed by atoms with Crippen molar-refractivity contribution in [3.05, 3.63) is 108 Å². The molecule has 0 fully saturated rings. The van der Waals surface area contributed by atoms with Gasteiger partial charge in [0, 0.05) is 21.2 Å². The van der Waals surface area contributed by atoms with E-state index in [1.54, 1.807) is 12.1 Å². The highest BCUT2D eigenvalue weighted by Gasteiger charge is 2.12. The number of hydrogen-bond acceptors (Lipinski definition) is 2. The summed E-state index contributed by atoms with van der Waals surface area (Å²) in [7, 11) is 0. The lowest BCUT2D eigenvalue weighted by Gasteiger charge is -2.13. The largest absolute Gasteiger partial charge is 0.486 e. The number of allylic oxidation sites excluding steroid dienone is 1. The first-order chi connectivity index (χ1) is 15.5. The van der Waals surface area contributed by atoms with E-state index in [0.717, 1.165) is 36.4 Å². The van der Waals surface area contributed by atoms with Crippen molar-refractivity contribution in [2.75, 3.05) is 0 Å². The Balaban J connectivity index is 1.64. The summed E-state index contributed by atoms with van der Waals surface area (Å²) >= 11 is 19.4. The molecule has 0 saturated heterocycles. The summed E-state index contributed by atoms with van der Waals surface area (Å²) in [4.78, 5) is 0. The fourth-order valence-corrected chi connectivity index (χ4v) is 5.30. The van der Waals surface area contributed by atoms with Crippen LogP contribution in [-0.2, 0) is 6.61 Å². The van der Waals surface area contributed by atoms with Crippen molar-refractivity contribution in [2.24, 2.45) is 0 Å². The van der Waals surface area contributed by atoms with Crippen LogP contribution in [0.25, 0.3) is 22.4 Å². The van der Waals surface area contributed by atoms with Gasteiger partial charge in [0.2, 0.25) is 0 Å². The third-order valence-corrected chi connectivity index (χ3v) is 6.68. The number of halogens is 4. The van der Waals surface area contributed by atoms with Crippen LogP contribution in [0.1, 0.15) is 16.7 Å². The summed E-state index contributed by atoms with van der Waals surface area (Å²) in [6.45, 7) is 0.293. The van der Waals surface area contributed by atoms with Crippen LogP contribution in [0.2, 0.25) is 10.0 Å². The van der Waals surface area contributed by atoms with Gasteiger partial charge in [-0.15, -0.1) is 0 Å². The van der Waals surface area contributed by atoms with E-state index in [-0.39, 0.29) is 0 Å². The molecule has 4 rings (SSSR count). The van der Waals surface area contributed by atoms with Crippen LogP contribution in [-0.4, -0.2) is 0 Å². The second-order valence-electron chi connectivity index (χ2n) is 7.03. The quantitative estimate of drug-likeness (QED) is 0.172. The smallest absolute Gasteiger partial charge is 0.148 e. The molecule has 0 aliphatic carbocycles. The Hall–Kier alpha value is -2.29. The zero-order valence-corrected chi connectivity index (χ0v) is 21.3. The molecular formula is C26H15Br2Cl2NO. The number of rotatable bonds is 5. The first kappa shape index (κ1) is 22.9. The molecule has 0 aliphatic heterocycles. The Kier molecular flexibility index (Phi) is 7.23. The average molecular weight is 588 g/mol. The van der Waals surface area contributed by atoms with E-state index in [1.165, 1.54) is 0 Å². The molecule has 0 spiro atoms. The SMILES string of the molecule is N#C/C(=C/c1cc(Br)c(OCc2ccc(Cl)cc2Cl)c(Br)c1)c1cccc2ccccc12. The molecule has 6 heteroatoms. The van der Waals surface area contributed by atoms with Gasteiger partial charge in [0.25, 0.3) is 0 Å². The molecule has 158 valence electrons. The molecule has 2 nitrogen and oxygen atoms in total. The Morgan fingerprint density at radius 3 is 2.38 bits per heavy atom. The van der Waals surface area contributed by atoms with Crippen molar-refractivity contribution in [3.63, 3.8) is 0 Å². The predicted octanol–water partition coefficient (Wildman–Crippen LogP) is 9.31. The summed E-state index contributed by atoms with van der Waals surface area (Å²) in [6, 6.07) is 25.5. The fourth-order valence-electron chi connectivity index (χ4n) is 3.39. The first-order valence-electron chi connectivity index (χ1n) is 9.62. The molecule has 0 unspecified atom stereocenters. The molecule has 0 amide bonds. The first-order valence-corrected chi connectivity index (χ1v) is 12.0. The van der Waals surface area contributed by atoms with Gasteiger partial charge in [0.15, 0.2) is 0 Å². The number of nitriles is 1. The Morgan fingerprint density at radius 2 is 1.66 bits per heavy atom. The Morgan fingerprint density at radius 1 is 0.938 bits per heavy atom. The van der Waals surface area contributed by atoms with Gasteiger partial charge >= 0.3 is 0 Å². The highest BCUT2D eigenvalue weighted by Crippen LogP contribution is 2.37. The third-order valence-electron chi connectivity index (χ3n) is 4.92. The maximum Gasteiger partial charge on any atom is 0.148 e. The summed E-state index contributed by atoms with van der Waals surface area (Å²) < 4.78 is 7.52. The molecular weight excluding hydrogens is 573 g/mol. The van der Waals surface area contributed by atoms with Gasteiger partial charge < -0.3 is 4.74 Å². The minimum atomic E-state index is 0.293. The second kappa shape index (κ2) is 10.1. The number of ether oxygens (including phenoxy) is 1. The number of hydrogen-bond donors (Lipinski definition) is 0. The second-order valence-corrected chi connectivity index (χ2v) is 9.59. The number of benzene rings is 4. The molecule has 0 atom stereocenters. The molecule has 0 aliphatic rings. The lowest BCUT2D eigenvalue weighted by molar-refractivity contribution is 0.302. The van der Waals surface area contributed by atoms with Crippen LogP contribution in [0.5, 0.6) is 5.75 Å². The topological polar surface area (TPSA) is 33.0 Å². The van der Waals surface area contributed by atoms with E-state index in [1.807, 2.05) is 66.7 Å². The molecule has 0 N–H and O–H groups in total. The molecule has 0 heterocycles. The van der Waals surface area contributed by atoms with Gasteiger partial charge in [0.1, 0.15) is 12.4 Å². The standard InChI is InChI=1S/C26H15Br2Cl2NO/c27-23-11-16(10-19(14-31)22-7-3-5-17-4-1-2-6-21(17)22)12-24(28)26(23)32-15-18-8-9-20(29)13-25(18)30/h1-13H,15H2/b19-10-. The van der Waals surface area contributed by atoms with E-state index >= 15 is 0 Å². The lowest BCUT2D eigenvalue weighted by atomic mass is 9.97. The van der Waals surface area contributed by atoms with Crippen LogP contribution in [0, 0.1) is 11.3 Å². The predicted molar refractivity (Wildman–Crippen MR) is 140 cm³/mol. The third kappa shape index (κ3) is 5.03. The van der Waals surface area contributed by atoms with E-state index in [2.05, 4.69) is 37.9 Å². The van der Waals surface area contributed by atoms with Crippen LogP contribution in [0.15, 0.2) is 81.7 Å². The van der Waals surface area contributed by atoms with E-state index in [4.69, 9.17) is 27.9 Å². The average Bonchev–Trinajstić information content (AvgIpc) is 2.78. The molecule has 4 aromatic carbocycles. The van der Waals surface area contributed by atoms with Crippen molar-refractivity contribution >= 4 is 77.5 Å². The van der Waals surface area contributed by atoms with Crippen LogP contribution in [0.3, 0.4) is 0 Å². The van der Waals surface area contributed by atoms with E-state index < -0.39 is 0 Å². The van der Waals surface area contributed by atoms with Gasteiger partial charge in [-0.1, -0.05) is 71.7 Å². The maximum absolute atomic E-state index is 9.86. The summed E-state index contributed by atoms with van der Waals surface area (Å²) in [6.07, 6.45) is 1.87. The summed E-state index contributed by atoms with van der Waals surface area (Å²) in [5.41, 5.74) is 3.18. The van der Waals surface area contributed by atoms with Crippen molar-refractivity contribution in [2.45, 2.75) is 6.61 Å². The normalized spacial score (nSPS) is 11.4. The summed E-state index contributed by atoms with van der Waals surface area (Å²) in [5, 5.41) is 13.1. The van der Waals surface area contributed by atoms with Crippen molar-refractivity contribution in [1.29, 1.82) is 5.26 Å². The highest BCUT2D eigenvalue weighted by atomic mass is 79.9.